The Morgan fingerprint density at radius 3 is 2.67 bits per heavy atom. The molecule has 2 aliphatic rings. The number of rotatable bonds is 1. The van der Waals surface area contributed by atoms with E-state index in [1.165, 1.54) is 18.2 Å². The van der Waals surface area contributed by atoms with Gasteiger partial charge in [0.05, 0.1) is 12.4 Å². The van der Waals surface area contributed by atoms with Crippen molar-refractivity contribution < 1.29 is 22.3 Å². The summed E-state index contributed by atoms with van der Waals surface area (Å²) in [6.45, 7) is -0.316. The van der Waals surface area contributed by atoms with Crippen LogP contribution in [0.15, 0.2) is 29.3 Å². The summed E-state index contributed by atoms with van der Waals surface area (Å²) in [6, 6.07) is 5.72. The fourth-order valence-electron chi connectivity index (χ4n) is 3.28. The van der Waals surface area contributed by atoms with E-state index < -0.39 is 29.6 Å². The number of aliphatic imine (C=N–C) groups is 1. The predicted molar refractivity (Wildman–Crippen MR) is 68.2 cm³/mol. The van der Waals surface area contributed by atoms with Crippen LogP contribution in [0.25, 0.3) is 0 Å². The van der Waals surface area contributed by atoms with Gasteiger partial charge in [0.25, 0.3) is 0 Å². The molecule has 21 heavy (non-hydrogen) atoms. The lowest BCUT2D eigenvalue weighted by molar-refractivity contribution is -0.217. The van der Waals surface area contributed by atoms with Gasteiger partial charge in [-0.25, -0.2) is 4.39 Å². The number of halogens is 4. The van der Waals surface area contributed by atoms with Crippen LogP contribution >= 0.6 is 0 Å². The Balaban J connectivity index is 2.13. The first-order chi connectivity index (χ1) is 9.84. The van der Waals surface area contributed by atoms with Crippen molar-refractivity contribution in [2.45, 2.75) is 30.7 Å². The molecule has 1 aromatic carbocycles. The van der Waals surface area contributed by atoms with Crippen molar-refractivity contribution in [3.05, 3.63) is 35.6 Å². The molecule has 0 saturated carbocycles. The zero-order valence-corrected chi connectivity index (χ0v) is 11.0. The van der Waals surface area contributed by atoms with E-state index in [1.54, 1.807) is 6.07 Å². The standard InChI is InChI=1S/C14H14F4N2O/c15-10-4-2-1-3-8(10)13-7-21-12(14(16,17)18)9(13)5-6-11(19)20-13/h1-4,9,12H,5-7H2,(H2,19,20)/t9-,12?,13-/m1/s1. The topological polar surface area (TPSA) is 47.6 Å². The van der Waals surface area contributed by atoms with E-state index in [0.717, 1.165) is 0 Å². The zero-order valence-electron chi connectivity index (χ0n) is 11.0. The Labute approximate surface area is 118 Å². The highest BCUT2D eigenvalue weighted by molar-refractivity contribution is 5.81. The van der Waals surface area contributed by atoms with Gasteiger partial charge < -0.3 is 10.5 Å². The number of nitrogens with zero attached hydrogens (tertiary/aromatic N) is 1. The molecule has 0 spiro atoms. The summed E-state index contributed by atoms with van der Waals surface area (Å²) in [7, 11) is 0. The van der Waals surface area contributed by atoms with Crippen molar-refractivity contribution in [3.8, 4) is 0 Å². The van der Waals surface area contributed by atoms with Crippen molar-refractivity contribution in [1.29, 1.82) is 0 Å². The summed E-state index contributed by atoms with van der Waals surface area (Å²) in [5.41, 5.74) is 4.44. The van der Waals surface area contributed by atoms with Gasteiger partial charge in [-0.3, -0.25) is 4.99 Å². The third kappa shape index (κ3) is 2.19. The van der Waals surface area contributed by atoms with Crippen LogP contribution in [0.2, 0.25) is 0 Å². The minimum Gasteiger partial charge on any atom is -0.387 e. The van der Waals surface area contributed by atoms with Crippen LogP contribution in [0.5, 0.6) is 0 Å². The second-order valence-corrected chi connectivity index (χ2v) is 5.43. The van der Waals surface area contributed by atoms with Crippen LogP contribution in [0.4, 0.5) is 17.6 Å². The fourth-order valence-corrected chi connectivity index (χ4v) is 3.28. The number of nitrogens with two attached hydrogens (primary N) is 1. The highest BCUT2D eigenvalue weighted by Crippen LogP contribution is 2.51. The average molecular weight is 302 g/mol. The second kappa shape index (κ2) is 4.69. The van der Waals surface area contributed by atoms with E-state index in [0.29, 0.717) is 0 Å². The molecule has 0 aliphatic carbocycles. The third-order valence-corrected chi connectivity index (χ3v) is 4.18. The molecule has 1 unspecified atom stereocenters. The largest absolute Gasteiger partial charge is 0.414 e. The van der Waals surface area contributed by atoms with Crippen molar-refractivity contribution >= 4 is 5.84 Å². The molecule has 0 aromatic heterocycles. The molecule has 2 N–H and O–H groups in total. The molecule has 0 radical (unpaired) electrons. The highest BCUT2D eigenvalue weighted by atomic mass is 19.4. The molecule has 0 bridgehead atoms. The summed E-state index contributed by atoms with van der Waals surface area (Å²) < 4.78 is 58.4. The Hall–Kier alpha value is -1.63. The van der Waals surface area contributed by atoms with Crippen LogP contribution in [-0.4, -0.2) is 24.7 Å². The number of benzene rings is 1. The lowest BCUT2D eigenvalue weighted by Gasteiger charge is -2.36. The maximum absolute atomic E-state index is 14.1. The van der Waals surface area contributed by atoms with Crippen molar-refractivity contribution in [2.75, 3.05) is 6.61 Å². The maximum Gasteiger partial charge on any atom is 0.414 e. The van der Waals surface area contributed by atoms with Crippen LogP contribution in [-0.2, 0) is 10.3 Å². The van der Waals surface area contributed by atoms with Crippen LogP contribution in [0.3, 0.4) is 0 Å². The van der Waals surface area contributed by atoms with Gasteiger partial charge >= 0.3 is 6.18 Å². The Kier molecular flexibility index (Phi) is 3.20. The summed E-state index contributed by atoms with van der Waals surface area (Å²) in [6.07, 6.45) is -6.00. The first-order valence-corrected chi connectivity index (χ1v) is 6.62. The van der Waals surface area contributed by atoms with E-state index in [4.69, 9.17) is 10.5 Å². The molecule has 1 aromatic rings. The Morgan fingerprint density at radius 2 is 2.00 bits per heavy atom. The average Bonchev–Trinajstić information content (AvgIpc) is 2.78. The molecule has 1 fully saturated rings. The molecule has 0 amide bonds. The van der Waals surface area contributed by atoms with Crippen LogP contribution in [0.1, 0.15) is 18.4 Å². The van der Waals surface area contributed by atoms with Gasteiger partial charge in [-0.15, -0.1) is 0 Å². The predicted octanol–water partition coefficient (Wildman–Crippen LogP) is 2.75. The van der Waals surface area contributed by atoms with Gasteiger partial charge in [0.15, 0.2) is 6.10 Å². The fraction of sp³-hybridized carbons (Fsp3) is 0.500. The molecule has 3 atom stereocenters. The maximum atomic E-state index is 14.1. The number of hydrogen-bond acceptors (Lipinski definition) is 3. The van der Waals surface area contributed by atoms with E-state index in [-0.39, 0.29) is 30.8 Å². The van der Waals surface area contributed by atoms with Gasteiger partial charge in [-0.1, -0.05) is 18.2 Å². The number of fused-ring (bicyclic) bond motifs is 1. The summed E-state index contributed by atoms with van der Waals surface area (Å²) in [4.78, 5) is 4.20. The normalized spacial score (nSPS) is 32.7. The zero-order chi connectivity index (χ0) is 15.3. The number of ether oxygens (including phenoxy) is 1. The summed E-state index contributed by atoms with van der Waals surface area (Å²) in [5, 5.41) is 0. The molecule has 3 nitrogen and oxygen atoms in total. The van der Waals surface area contributed by atoms with Gasteiger partial charge in [-0.05, 0) is 12.5 Å². The molecule has 1 saturated heterocycles. The van der Waals surface area contributed by atoms with Crippen molar-refractivity contribution in [1.82, 2.24) is 0 Å². The van der Waals surface area contributed by atoms with Gasteiger partial charge in [0.1, 0.15) is 11.4 Å². The van der Waals surface area contributed by atoms with E-state index in [9.17, 15) is 17.6 Å². The number of hydrogen-bond donors (Lipinski definition) is 1. The first kappa shape index (κ1) is 14.3. The third-order valence-electron chi connectivity index (χ3n) is 4.18. The Morgan fingerprint density at radius 1 is 1.29 bits per heavy atom. The SMILES string of the molecule is NC1=N[C@@]2(c3ccccc3F)COC(C(F)(F)F)[C@H]2CC1. The lowest BCUT2D eigenvalue weighted by Crippen LogP contribution is -2.45. The van der Waals surface area contributed by atoms with Gasteiger partial charge in [0, 0.05) is 17.9 Å². The molecule has 2 aliphatic heterocycles. The quantitative estimate of drug-likeness (QED) is 0.811. The minimum atomic E-state index is -4.50. The summed E-state index contributed by atoms with van der Waals surface area (Å²) >= 11 is 0. The van der Waals surface area contributed by atoms with Crippen molar-refractivity contribution in [2.24, 2.45) is 16.6 Å². The molecular weight excluding hydrogens is 288 g/mol. The molecule has 114 valence electrons. The first-order valence-electron chi connectivity index (χ1n) is 6.62. The molecule has 3 rings (SSSR count). The van der Waals surface area contributed by atoms with Gasteiger partial charge in [0.2, 0.25) is 0 Å². The van der Waals surface area contributed by atoms with E-state index >= 15 is 0 Å². The summed E-state index contributed by atoms with van der Waals surface area (Å²) in [5.74, 6) is -1.31. The van der Waals surface area contributed by atoms with E-state index in [2.05, 4.69) is 4.99 Å². The number of alkyl halides is 3. The molecule has 7 heteroatoms. The van der Waals surface area contributed by atoms with Crippen LogP contribution in [0, 0.1) is 11.7 Å². The number of amidine groups is 1. The molecular formula is C14H14F4N2O. The Bertz CT molecular complexity index is 587. The second-order valence-electron chi connectivity index (χ2n) is 5.43. The molecule has 2 heterocycles. The van der Waals surface area contributed by atoms with Crippen molar-refractivity contribution in [3.63, 3.8) is 0 Å². The minimum absolute atomic E-state index is 0.115. The van der Waals surface area contributed by atoms with Gasteiger partial charge in [-0.2, -0.15) is 13.2 Å². The lowest BCUT2D eigenvalue weighted by atomic mass is 9.73. The smallest absolute Gasteiger partial charge is 0.387 e. The monoisotopic (exact) mass is 302 g/mol. The van der Waals surface area contributed by atoms with E-state index in [1.807, 2.05) is 0 Å². The van der Waals surface area contributed by atoms with Crippen LogP contribution < -0.4 is 5.73 Å². The highest BCUT2D eigenvalue weighted by Gasteiger charge is 2.61.